The van der Waals surface area contributed by atoms with E-state index in [9.17, 15) is 13.6 Å². The number of aryl methyl sites for hydroxylation is 1. The first-order chi connectivity index (χ1) is 17.3. The van der Waals surface area contributed by atoms with Crippen LogP contribution in [0.1, 0.15) is 90.3 Å². The molecule has 0 spiro atoms. The maximum Gasteiger partial charge on any atom is 0.278 e. The summed E-state index contributed by atoms with van der Waals surface area (Å²) in [5.74, 6) is -1.34. The van der Waals surface area contributed by atoms with Gasteiger partial charge < -0.3 is 4.74 Å². The molecule has 2 aliphatic carbocycles. The van der Waals surface area contributed by atoms with E-state index in [1.165, 1.54) is 59.4 Å². The van der Waals surface area contributed by atoms with Gasteiger partial charge >= 0.3 is 0 Å². The molecule has 2 aromatic rings. The number of hydrogen-bond acceptors (Lipinski definition) is 6. The van der Waals surface area contributed by atoms with Crippen molar-refractivity contribution >= 4 is 17.1 Å². The molecule has 3 aliphatic rings. The number of ether oxygens (including phenoxy) is 1. The third kappa shape index (κ3) is 6.49. The number of thiazole rings is 1. The smallest absolute Gasteiger partial charge is 0.278 e. The van der Waals surface area contributed by atoms with Crippen LogP contribution in [-0.2, 0) is 25.8 Å². The molecule has 0 unspecified atom stereocenters. The van der Waals surface area contributed by atoms with Crippen LogP contribution in [0.25, 0.3) is 0 Å². The minimum absolute atomic E-state index is 0.295. The van der Waals surface area contributed by atoms with Crippen molar-refractivity contribution in [1.29, 1.82) is 0 Å². The minimum atomic E-state index is -2.84. The molecule has 8 heteroatoms. The fraction of sp³-hybridized carbons (Fsp3) is 0.679. The molecule has 1 fully saturated rings. The van der Waals surface area contributed by atoms with E-state index in [4.69, 9.17) is 4.74 Å². The highest BCUT2D eigenvalue weighted by molar-refractivity contribution is 7.13. The van der Waals surface area contributed by atoms with Crippen molar-refractivity contribution in [3.05, 3.63) is 39.7 Å². The summed E-state index contributed by atoms with van der Waals surface area (Å²) in [6.07, 6.45) is 15.6. The predicted molar refractivity (Wildman–Crippen MR) is 137 cm³/mol. The monoisotopic (exact) mass is 517 g/mol. The lowest BCUT2D eigenvalue weighted by Gasteiger charge is -2.31. The number of nitrogens with zero attached hydrogens (tertiary/aromatic N) is 3. The summed E-state index contributed by atoms with van der Waals surface area (Å²) in [5, 5.41) is 0.364. The van der Waals surface area contributed by atoms with Crippen molar-refractivity contribution < 1.29 is 18.3 Å². The average molecular weight is 518 g/mol. The summed E-state index contributed by atoms with van der Waals surface area (Å²) in [5.41, 5.74) is 4.42. The molecule has 0 saturated heterocycles. The summed E-state index contributed by atoms with van der Waals surface area (Å²) in [4.78, 5) is 25.5. The van der Waals surface area contributed by atoms with E-state index in [-0.39, 0.29) is 0 Å². The summed E-state index contributed by atoms with van der Waals surface area (Å²) in [6.45, 7) is 3.04. The Labute approximate surface area is 216 Å². The van der Waals surface area contributed by atoms with Gasteiger partial charge in [0.2, 0.25) is 0 Å². The normalized spacial score (nSPS) is 22.6. The van der Waals surface area contributed by atoms with E-state index < -0.39 is 12.5 Å². The van der Waals surface area contributed by atoms with E-state index in [0.29, 0.717) is 29.2 Å². The topological polar surface area (TPSA) is 55.3 Å². The second kappa shape index (κ2) is 11.2. The third-order valence-electron chi connectivity index (χ3n) is 8.10. The number of carbonyl (C=O) groups is 1. The van der Waals surface area contributed by atoms with Crippen molar-refractivity contribution in [2.24, 2.45) is 11.8 Å². The van der Waals surface area contributed by atoms with E-state index in [1.807, 2.05) is 6.20 Å². The van der Waals surface area contributed by atoms with Gasteiger partial charge in [0.25, 0.3) is 11.1 Å². The SMILES string of the molecule is CC(F)(F)COc1nc2c(s1)CCN(CCC1CCC(CC(=O)c3cncc4c3CCCC4)CC1)C2. The first kappa shape index (κ1) is 25.7. The fourth-order valence-corrected chi connectivity index (χ4v) is 6.94. The Morgan fingerprint density at radius 3 is 2.72 bits per heavy atom. The Morgan fingerprint density at radius 1 is 1.14 bits per heavy atom. The van der Waals surface area contributed by atoms with Crippen molar-refractivity contribution in [2.75, 3.05) is 19.7 Å². The van der Waals surface area contributed by atoms with Crippen LogP contribution in [0.3, 0.4) is 0 Å². The molecule has 2 aromatic heterocycles. The van der Waals surface area contributed by atoms with Gasteiger partial charge in [-0.25, -0.2) is 13.8 Å². The Balaban J connectivity index is 1.05. The predicted octanol–water partition coefficient (Wildman–Crippen LogP) is 6.28. The first-order valence-corrected chi connectivity index (χ1v) is 14.4. The van der Waals surface area contributed by atoms with Gasteiger partial charge in [0.15, 0.2) is 12.4 Å². The molecule has 0 bridgehead atoms. The van der Waals surface area contributed by atoms with Gasteiger partial charge in [-0.2, -0.15) is 0 Å². The summed E-state index contributed by atoms with van der Waals surface area (Å²) < 4.78 is 31.4. The molecule has 1 aliphatic heterocycles. The quantitative estimate of drug-likeness (QED) is 0.367. The second-order valence-electron chi connectivity index (χ2n) is 11.1. The number of hydrogen-bond donors (Lipinski definition) is 0. The van der Waals surface area contributed by atoms with Crippen LogP contribution in [0.5, 0.6) is 5.19 Å². The number of carbonyl (C=O) groups excluding carboxylic acids is 1. The number of ketones is 1. The molecule has 5 nitrogen and oxygen atoms in total. The molecule has 3 heterocycles. The number of fused-ring (bicyclic) bond motifs is 2. The maximum absolute atomic E-state index is 13.1. The maximum atomic E-state index is 13.1. The first-order valence-electron chi connectivity index (χ1n) is 13.5. The second-order valence-corrected chi connectivity index (χ2v) is 12.1. The lowest BCUT2D eigenvalue weighted by molar-refractivity contribution is -0.0230. The zero-order valence-corrected chi connectivity index (χ0v) is 22.1. The van der Waals surface area contributed by atoms with Crippen LogP contribution < -0.4 is 4.74 Å². The molecule has 0 amide bonds. The lowest BCUT2D eigenvalue weighted by Crippen LogP contribution is -2.32. The van der Waals surface area contributed by atoms with E-state index in [0.717, 1.165) is 69.9 Å². The molecule has 0 aromatic carbocycles. The van der Waals surface area contributed by atoms with Crippen LogP contribution in [0, 0.1) is 11.8 Å². The van der Waals surface area contributed by atoms with Gasteiger partial charge in [-0.3, -0.25) is 14.7 Å². The third-order valence-corrected chi connectivity index (χ3v) is 9.17. The zero-order chi connectivity index (χ0) is 25.1. The molecule has 5 rings (SSSR count). The van der Waals surface area contributed by atoms with Crippen molar-refractivity contribution in [1.82, 2.24) is 14.9 Å². The summed E-state index contributed by atoms with van der Waals surface area (Å²) in [7, 11) is 0. The lowest BCUT2D eigenvalue weighted by atomic mass is 9.77. The van der Waals surface area contributed by atoms with Gasteiger partial charge in [0, 0.05) is 49.3 Å². The van der Waals surface area contributed by atoms with Gasteiger partial charge in [-0.1, -0.05) is 24.2 Å². The van der Waals surface area contributed by atoms with Crippen LogP contribution in [0.2, 0.25) is 0 Å². The van der Waals surface area contributed by atoms with Crippen LogP contribution in [0.15, 0.2) is 12.4 Å². The number of alkyl halides is 2. The number of rotatable bonds is 9. The average Bonchev–Trinajstić information content (AvgIpc) is 3.29. The molecule has 0 atom stereocenters. The number of halogens is 2. The number of Topliss-reactive ketones (excluding diaryl/α,β-unsaturated/α-hetero) is 1. The minimum Gasteiger partial charge on any atom is -0.464 e. The standard InChI is InChI=1S/C28H37F2N3O2S/c1-28(29,30)18-35-27-32-24-17-33(13-11-26(24)36-27)12-10-19-6-8-20(9-7-19)14-25(34)23-16-31-15-21-4-2-3-5-22(21)23/h15-16,19-20H,2-14,17-18H2,1H3. The van der Waals surface area contributed by atoms with Crippen LogP contribution >= 0.6 is 11.3 Å². The van der Waals surface area contributed by atoms with Gasteiger partial charge in [-0.15, -0.1) is 0 Å². The molecule has 36 heavy (non-hydrogen) atoms. The molecular weight excluding hydrogens is 480 g/mol. The molecule has 0 N–H and O–H groups in total. The van der Waals surface area contributed by atoms with Crippen molar-refractivity contribution in [3.63, 3.8) is 0 Å². The zero-order valence-electron chi connectivity index (χ0n) is 21.2. The Hall–Kier alpha value is -1.93. The Kier molecular flexibility index (Phi) is 8.01. The number of pyridine rings is 1. The highest BCUT2D eigenvalue weighted by Gasteiger charge is 2.28. The molecule has 0 radical (unpaired) electrons. The van der Waals surface area contributed by atoms with Crippen molar-refractivity contribution in [2.45, 2.75) is 90.0 Å². The highest BCUT2D eigenvalue weighted by atomic mass is 32.1. The summed E-state index contributed by atoms with van der Waals surface area (Å²) >= 11 is 1.41. The van der Waals surface area contributed by atoms with E-state index >= 15 is 0 Å². The number of aromatic nitrogens is 2. The largest absolute Gasteiger partial charge is 0.464 e. The molecule has 1 saturated carbocycles. The van der Waals surface area contributed by atoms with Gasteiger partial charge in [-0.05, 0) is 80.9 Å². The van der Waals surface area contributed by atoms with Crippen LogP contribution in [-0.4, -0.2) is 46.3 Å². The van der Waals surface area contributed by atoms with Gasteiger partial charge in [0.1, 0.15) is 0 Å². The summed E-state index contributed by atoms with van der Waals surface area (Å²) in [6, 6.07) is 0. The van der Waals surface area contributed by atoms with Crippen molar-refractivity contribution in [3.8, 4) is 5.19 Å². The van der Waals surface area contributed by atoms with E-state index in [1.54, 1.807) is 6.20 Å². The molecular formula is C28H37F2N3O2S. The van der Waals surface area contributed by atoms with E-state index in [2.05, 4.69) is 14.9 Å². The highest BCUT2D eigenvalue weighted by Crippen LogP contribution is 2.35. The Bertz CT molecular complexity index is 1060. The van der Waals surface area contributed by atoms with Crippen LogP contribution in [0.4, 0.5) is 8.78 Å². The Morgan fingerprint density at radius 2 is 1.92 bits per heavy atom. The molecule has 196 valence electrons. The fourth-order valence-electron chi connectivity index (χ4n) is 6.03. The van der Waals surface area contributed by atoms with Gasteiger partial charge in [0.05, 0.1) is 5.69 Å².